The molecule has 164 valence electrons. The summed E-state index contributed by atoms with van der Waals surface area (Å²) in [5.41, 5.74) is 5.34. The smallest absolute Gasteiger partial charge is 0.197 e. The van der Waals surface area contributed by atoms with Gasteiger partial charge in [0.15, 0.2) is 11.6 Å². The van der Waals surface area contributed by atoms with Crippen LogP contribution < -0.4 is 0 Å². The molecule has 3 heteroatoms. The Morgan fingerprint density at radius 3 is 1.57 bits per heavy atom. The maximum atomic E-state index is 13.1. The molecular weight excluding hydrogens is 430 g/mol. The van der Waals surface area contributed by atoms with E-state index in [0.717, 1.165) is 33.1 Å². The summed E-state index contributed by atoms with van der Waals surface area (Å²) in [5, 5.41) is 4.34. The van der Waals surface area contributed by atoms with E-state index in [9.17, 15) is 9.59 Å². The van der Waals surface area contributed by atoms with Crippen molar-refractivity contribution in [2.24, 2.45) is 0 Å². The molecule has 0 aliphatic heterocycles. The van der Waals surface area contributed by atoms with Gasteiger partial charge in [-0.3, -0.25) is 9.59 Å². The molecule has 3 nitrogen and oxygen atoms in total. The number of allylic oxidation sites excluding steroid dienone is 1. The first-order valence-corrected chi connectivity index (χ1v) is 11.6. The summed E-state index contributed by atoms with van der Waals surface area (Å²) in [6.07, 6.45) is 1.71. The van der Waals surface area contributed by atoms with Gasteiger partial charge < -0.3 is 4.57 Å². The van der Waals surface area contributed by atoms with Gasteiger partial charge in [-0.1, -0.05) is 72.8 Å². The van der Waals surface area contributed by atoms with Crippen LogP contribution in [0.1, 0.15) is 26.3 Å². The monoisotopic (exact) mass is 449 g/mol. The fraction of sp³-hybridized carbons (Fsp3) is 0. The molecule has 0 spiro atoms. The molecule has 1 aliphatic carbocycles. The Hall–Kier alpha value is -4.76. The summed E-state index contributed by atoms with van der Waals surface area (Å²) in [6.45, 7) is 0. The summed E-state index contributed by atoms with van der Waals surface area (Å²) >= 11 is 0. The lowest BCUT2D eigenvalue weighted by molar-refractivity contribution is 0.0990. The van der Waals surface area contributed by atoms with E-state index in [1.165, 1.54) is 10.8 Å². The van der Waals surface area contributed by atoms with Gasteiger partial charge in [0.25, 0.3) is 0 Å². The number of aromatic nitrogens is 1. The second-order valence-corrected chi connectivity index (χ2v) is 8.92. The first kappa shape index (κ1) is 19.7. The first-order chi connectivity index (χ1) is 17.2. The van der Waals surface area contributed by atoms with E-state index in [1.54, 1.807) is 6.08 Å². The summed E-state index contributed by atoms with van der Waals surface area (Å²) in [5.74, 6) is -0.413. The quantitative estimate of drug-likeness (QED) is 0.204. The Balaban J connectivity index is 1.30. The third-order valence-electron chi connectivity index (χ3n) is 6.91. The third-order valence-corrected chi connectivity index (χ3v) is 6.91. The van der Waals surface area contributed by atoms with Gasteiger partial charge in [0.1, 0.15) is 0 Å². The minimum Gasteiger partial charge on any atom is -0.309 e. The fourth-order valence-electron chi connectivity index (χ4n) is 5.23. The molecule has 0 unspecified atom stereocenters. The zero-order chi connectivity index (χ0) is 23.5. The SMILES string of the molecule is O=C1C(=Cc2ccc(-n3c4ccccc4c4ccccc43)cc2)C(=O)c2cc3ccccc3cc21. The molecule has 0 bridgehead atoms. The van der Waals surface area contributed by atoms with Gasteiger partial charge in [0.2, 0.25) is 0 Å². The van der Waals surface area contributed by atoms with Crippen molar-refractivity contribution in [3.05, 3.63) is 131 Å². The van der Waals surface area contributed by atoms with Crippen molar-refractivity contribution < 1.29 is 9.59 Å². The van der Waals surface area contributed by atoms with Crippen molar-refractivity contribution in [2.45, 2.75) is 0 Å². The number of hydrogen-bond acceptors (Lipinski definition) is 2. The van der Waals surface area contributed by atoms with Crippen molar-refractivity contribution in [1.82, 2.24) is 4.57 Å². The zero-order valence-electron chi connectivity index (χ0n) is 18.7. The van der Waals surface area contributed by atoms with Gasteiger partial charge in [-0.15, -0.1) is 0 Å². The highest BCUT2D eigenvalue weighted by molar-refractivity contribution is 6.42. The number of carbonyl (C=O) groups is 2. The van der Waals surface area contributed by atoms with E-state index in [2.05, 4.69) is 53.1 Å². The number of fused-ring (bicyclic) bond motifs is 5. The van der Waals surface area contributed by atoms with E-state index < -0.39 is 0 Å². The van der Waals surface area contributed by atoms with Gasteiger partial charge in [-0.05, 0) is 58.8 Å². The molecular formula is C32H19NO2. The number of hydrogen-bond donors (Lipinski definition) is 0. The standard InChI is InChI=1S/C32H19NO2/c34-31-26-18-21-7-1-2-8-22(21)19-27(26)32(35)28(31)17-20-13-15-23(16-14-20)33-29-11-5-3-9-24(29)25-10-4-6-12-30(25)33/h1-19H. The lowest BCUT2D eigenvalue weighted by atomic mass is 10.0. The number of nitrogens with zero attached hydrogens (tertiary/aromatic N) is 1. The average molecular weight is 450 g/mol. The van der Waals surface area contributed by atoms with Crippen LogP contribution in [0.3, 0.4) is 0 Å². The molecule has 0 atom stereocenters. The summed E-state index contributed by atoms with van der Waals surface area (Å²) in [6, 6.07) is 36.2. The van der Waals surface area contributed by atoms with E-state index in [-0.39, 0.29) is 17.1 Å². The Labute approximate surface area is 201 Å². The van der Waals surface area contributed by atoms with Crippen LogP contribution in [-0.2, 0) is 0 Å². The zero-order valence-corrected chi connectivity index (χ0v) is 18.7. The fourth-order valence-corrected chi connectivity index (χ4v) is 5.23. The van der Waals surface area contributed by atoms with E-state index in [0.29, 0.717) is 11.1 Å². The number of benzene rings is 5. The van der Waals surface area contributed by atoms with Gasteiger partial charge in [-0.2, -0.15) is 0 Å². The molecule has 6 aromatic rings. The van der Waals surface area contributed by atoms with E-state index in [1.807, 2.05) is 60.7 Å². The second-order valence-electron chi connectivity index (χ2n) is 8.92. The van der Waals surface area contributed by atoms with Crippen LogP contribution in [0.5, 0.6) is 0 Å². The average Bonchev–Trinajstić information content (AvgIpc) is 3.35. The molecule has 35 heavy (non-hydrogen) atoms. The normalized spacial score (nSPS) is 13.2. The van der Waals surface area contributed by atoms with Crippen LogP contribution >= 0.6 is 0 Å². The molecule has 0 saturated heterocycles. The van der Waals surface area contributed by atoms with Crippen LogP contribution in [-0.4, -0.2) is 16.1 Å². The lowest BCUT2D eigenvalue weighted by Crippen LogP contribution is -2.00. The van der Waals surface area contributed by atoms with Gasteiger partial charge >= 0.3 is 0 Å². The van der Waals surface area contributed by atoms with Crippen molar-refractivity contribution >= 4 is 50.2 Å². The molecule has 0 N–H and O–H groups in total. The lowest BCUT2D eigenvalue weighted by Gasteiger charge is -2.08. The number of para-hydroxylation sites is 2. The highest BCUT2D eigenvalue weighted by Gasteiger charge is 2.33. The van der Waals surface area contributed by atoms with Crippen molar-refractivity contribution in [2.75, 3.05) is 0 Å². The molecule has 0 fully saturated rings. The Bertz CT molecular complexity index is 1760. The Morgan fingerprint density at radius 2 is 1.03 bits per heavy atom. The highest BCUT2D eigenvalue weighted by atomic mass is 16.2. The number of rotatable bonds is 2. The summed E-state index contributed by atoms with van der Waals surface area (Å²) in [4.78, 5) is 26.2. The largest absolute Gasteiger partial charge is 0.309 e. The molecule has 1 aromatic heterocycles. The molecule has 5 aromatic carbocycles. The van der Waals surface area contributed by atoms with Gasteiger partial charge in [0.05, 0.1) is 16.6 Å². The molecule has 0 amide bonds. The molecule has 7 rings (SSSR count). The third kappa shape index (κ3) is 2.92. The summed E-state index contributed by atoms with van der Waals surface area (Å²) in [7, 11) is 0. The highest BCUT2D eigenvalue weighted by Crippen LogP contribution is 2.33. The van der Waals surface area contributed by atoms with Crippen LogP contribution in [0.4, 0.5) is 0 Å². The molecule has 1 heterocycles. The van der Waals surface area contributed by atoms with E-state index >= 15 is 0 Å². The number of ketones is 2. The van der Waals surface area contributed by atoms with Gasteiger partial charge in [0, 0.05) is 27.6 Å². The van der Waals surface area contributed by atoms with Crippen LogP contribution in [0, 0.1) is 0 Å². The van der Waals surface area contributed by atoms with Crippen LogP contribution in [0.2, 0.25) is 0 Å². The van der Waals surface area contributed by atoms with Crippen molar-refractivity contribution in [3.63, 3.8) is 0 Å². The first-order valence-electron chi connectivity index (χ1n) is 11.6. The maximum absolute atomic E-state index is 13.1. The van der Waals surface area contributed by atoms with Crippen LogP contribution in [0.25, 0.3) is 44.3 Å². The van der Waals surface area contributed by atoms with Crippen LogP contribution in [0.15, 0.2) is 115 Å². The van der Waals surface area contributed by atoms with E-state index in [4.69, 9.17) is 0 Å². The predicted octanol–water partition coefficient (Wildman–Crippen LogP) is 7.40. The predicted molar refractivity (Wildman–Crippen MR) is 141 cm³/mol. The van der Waals surface area contributed by atoms with Crippen molar-refractivity contribution in [1.29, 1.82) is 0 Å². The molecule has 0 radical (unpaired) electrons. The minimum atomic E-state index is -0.206. The van der Waals surface area contributed by atoms with Crippen molar-refractivity contribution in [3.8, 4) is 5.69 Å². The van der Waals surface area contributed by atoms with Gasteiger partial charge in [-0.25, -0.2) is 0 Å². The second kappa shape index (κ2) is 7.37. The topological polar surface area (TPSA) is 39.1 Å². The number of carbonyl (C=O) groups excluding carboxylic acids is 2. The maximum Gasteiger partial charge on any atom is 0.197 e. The minimum absolute atomic E-state index is 0.206. The molecule has 1 aliphatic rings. The number of Topliss-reactive ketones (excluding diaryl/α,β-unsaturated/α-hetero) is 2. The molecule has 0 saturated carbocycles. The Morgan fingerprint density at radius 1 is 0.543 bits per heavy atom. The summed E-state index contributed by atoms with van der Waals surface area (Å²) < 4.78 is 2.24. The Kier molecular flexibility index (Phi) is 4.15.